The second kappa shape index (κ2) is 4.46. The predicted octanol–water partition coefficient (Wildman–Crippen LogP) is 1.42. The lowest BCUT2D eigenvalue weighted by atomic mass is 10.1. The van der Waals surface area contributed by atoms with Crippen molar-refractivity contribution in [2.24, 2.45) is 5.92 Å². The van der Waals surface area contributed by atoms with Crippen molar-refractivity contribution in [2.45, 2.75) is 6.04 Å². The van der Waals surface area contributed by atoms with E-state index in [-0.39, 0.29) is 12.6 Å². The fraction of sp³-hybridized carbons (Fsp3) is 0.500. The van der Waals surface area contributed by atoms with Crippen molar-refractivity contribution < 1.29 is 14.6 Å². The quantitative estimate of drug-likeness (QED) is 0.882. The third-order valence-electron chi connectivity index (χ3n) is 2.18. The van der Waals surface area contributed by atoms with Gasteiger partial charge in [-0.05, 0) is 15.9 Å². The number of carboxylic acids is 1. The fourth-order valence-electron chi connectivity index (χ4n) is 1.42. The summed E-state index contributed by atoms with van der Waals surface area (Å²) in [7, 11) is 0. The van der Waals surface area contributed by atoms with Crippen molar-refractivity contribution >= 4 is 38.4 Å². The first-order valence-electron chi connectivity index (χ1n) is 4.35. The smallest absolute Gasteiger partial charge is 0.311 e. The fourth-order valence-corrected chi connectivity index (χ4v) is 2.63. The molecule has 2 rings (SSSR count). The summed E-state index contributed by atoms with van der Waals surface area (Å²) in [4.78, 5) is 15.0. The Morgan fingerprint density at radius 1 is 1.73 bits per heavy atom. The lowest BCUT2D eigenvalue weighted by molar-refractivity contribution is -0.141. The maximum absolute atomic E-state index is 10.9. The van der Waals surface area contributed by atoms with E-state index >= 15 is 0 Å². The van der Waals surface area contributed by atoms with Crippen molar-refractivity contribution in [3.05, 3.63) is 9.98 Å². The minimum atomic E-state index is -0.833. The second-order valence-corrected chi connectivity index (χ2v) is 4.88. The summed E-state index contributed by atoms with van der Waals surface area (Å²) in [6.07, 6.45) is 0. The number of hydrogen-bond donors (Lipinski definition) is 2. The predicted molar refractivity (Wildman–Crippen MR) is 59.2 cm³/mol. The van der Waals surface area contributed by atoms with E-state index in [9.17, 15) is 4.79 Å². The average molecular weight is 293 g/mol. The maximum atomic E-state index is 10.9. The average Bonchev–Trinajstić information content (AvgIpc) is 2.75. The molecule has 2 atom stereocenters. The first kappa shape index (κ1) is 10.8. The van der Waals surface area contributed by atoms with Crippen molar-refractivity contribution in [3.8, 4) is 0 Å². The molecule has 1 saturated heterocycles. The summed E-state index contributed by atoms with van der Waals surface area (Å²) in [6, 6.07) is -0.194. The highest BCUT2D eigenvalue weighted by Crippen LogP contribution is 2.24. The number of thiazole rings is 1. The van der Waals surface area contributed by atoms with Crippen LogP contribution in [0.5, 0.6) is 0 Å². The summed E-state index contributed by atoms with van der Waals surface area (Å²) >= 11 is 4.67. The van der Waals surface area contributed by atoms with Gasteiger partial charge in [0.25, 0.3) is 0 Å². The van der Waals surface area contributed by atoms with Gasteiger partial charge in [-0.25, -0.2) is 4.98 Å². The Morgan fingerprint density at radius 2 is 2.53 bits per heavy atom. The van der Waals surface area contributed by atoms with Gasteiger partial charge in [0.05, 0.1) is 19.3 Å². The first-order chi connectivity index (χ1) is 7.16. The zero-order valence-electron chi connectivity index (χ0n) is 7.64. The van der Waals surface area contributed by atoms with Crippen LogP contribution in [0.1, 0.15) is 0 Å². The number of carboxylic acid groups (broad SMARTS) is 1. The zero-order chi connectivity index (χ0) is 10.8. The topological polar surface area (TPSA) is 71.5 Å². The van der Waals surface area contributed by atoms with E-state index in [0.29, 0.717) is 11.7 Å². The Balaban J connectivity index is 2.02. The van der Waals surface area contributed by atoms with Gasteiger partial charge in [0, 0.05) is 5.38 Å². The molecule has 0 radical (unpaired) electrons. The maximum Gasteiger partial charge on any atom is 0.311 e. The summed E-state index contributed by atoms with van der Waals surface area (Å²) < 4.78 is 5.88. The minimum Gasteiger partial charge on any atom is -0.481 e. The molecule has 0 amide bonds. The molecule has 1 fully saturated rings. The molecule has 2 heterocycles. The van der Waals surface area contributed by atoms with Crippen LogP contribution in [0.15, 0.2) is 9.98 Å². The van der Waals surface area contributed by atoms with E-state index in [2.05, 4.69) is 26.2 Å². The summed E-state index contributed by atoms with van der Waals surface area (Å²) in [5, 5.41) is 14.5. The largest absolute Gasteiger partial charge is 0.481 e. The zero-order valence-corrected chi connectivity index (χ0v) is 10.0. The number of nitrogens with one attached hydrogen (secondary N) is 1. The number of carbonyl (C=O) groups is 1. The molecule has 1 aliphatic heterocycles. The van der Waals surface area contributed by atoms with Crippen LogP contribution in [0.3, 0.4) is 0 Å². The third-order valence-corrected chi connectivity index (χ3v) is 3.67. The summed E-state index contributed by atoms with van der Waals surface area (Å²) in [6.45, 7) is 0.674. The molecule has 1 aromatic heterocycles. The number of ether oxygens (including phenoxy) is 1. The molecule has 0 saturated carbocycles. The number of nitrogens with zero attached hydrogens (tertiary/aromatic N) is 1. The molecule has 0 aliphatic carbocycles. The van der Waals surface area contributed by atoms with Gasteiger partial charge >= 0.3 is 5.97 Å². The van der Waals surface area contributed by atoms with E-state index in [1.807, 2.05) is 5.38 Å². The lowest BCUT2D eigenvalue weighted by Crippen LogP contribution is -2.33. The molecule has 5 nitrogen and oxygen atoms in total. The number of hydrogen-bond acceptors (Lipinski definition) is 5. The minimum absolute atomic E-state index is 0.194. The molecule has 0 bridgehead atoms. The van der Waals surface area contributed by atoms with Crippen LogP contribution in [0.2, 0.25) is 0 Å². The molecular formula is C8H9BrN2O3S. The Kier molecular flexibility index (Phi) is 3.22. The van der Waals surface area contributed by atoms with Crippen LogP contribution in [0.25, 0.3) is 0 Å². The number of aromatic nitrogens is 1. The van der Waals surface area contributed by atoms with Gasteiger partial charge in [-0.15, -0.1) is 11.3 Å². The monoisotopic (exact) mass is 292 g/mol. The number of halogens is 1. The third kappa shape index (κ3) is 2.47. The van der Waals surface area contributed by atoms with Gasteiger partial charge in [-0.1, -0.05) is 0 Å². The molecule has 7 heteroatoms. The first-order valence-corrected chi connectivity index (χ1v) is 6.02. The van der Waals surface area contributed by atoms with E-state index in [0.717, 1.165) is 4.60 Å². The number of anilines is 1. The summed E-state index contributed by atoms with van der Waals surface area (Å²) in [5.41, 5.74) is 0. The molecule has 82 valence electrons. The van der Waals surface area contributed by atoms with Crippen LogP contribution in [0.4, 0.5) is 5.13 Å². The van der Waals surface area contributed by atoms with E-state index < -0.39 is 11.9 Å². The van der Waals surface area contributed by atoms with Gasteiger partial charge in [-0.3, -0.25) is 4.79 Å². The Morgan fingerprint density at radius 3 is 3.13 bits per heavy atom. The van der Waals surface area contributed by atoms with Gasteiger partial charge in [0.15, 0.2) is 5.13 Å². The highest BCUT2D eigenvalue weighted by atomic mass is 79.9. The molecule has 1 aliphatic rings. The van der Waals surface area contributed by atoms with Gasteiger partial charge in [-0.2, -0.15) is 0 Å². The van der Waals surface area contributed by atoms with Crippen molar-refractivity contribution in [2.75, 3.05) is 18.5 Å². The van der Waals surface area contributed by atoms with E-state index in [1.54, 1.807) is 0 Å². The van der Waals surface area contributed by atoms with Crippen molar-refractivity contribution in [1.82, 2.24) is 4.98 Å². The summed E-state index contributed by atoms with van der Waals surface area (Å²) in [5.74, 6) is -1.33. The van der Waals surface area contributed by atoms with Crippen molar-refractivity contribution in [3.63, 3.8) is 0 Å². The molecule has 15 heavy (non-hydrogen) atoms. The number of aliphatic carboxylic acids is 1. The highest BCUT2D eigenvalue weighted by Gasteiger charge is 2.34. The van der Waals surface area contributed by atoms with Gasteiger partial charge in [0.1, 0.15) is 10.5 Å². The van der Waals surface area contributed by atoms with E-state index in [4.69, 9.17) is 9.84 Å². The second-order valence-electron chi connectivity index (χ2n) is 3.21. The van der Waals surface area contributed by atoms with E-state index in [1.165, 1.54) is 11.3 Å². The van der Waals surface area contributed by atoms with Crippen LogP contribution in [-0.4, -0.2) is 35.3 Å². The molecule has 0 spiro atoms. The molecular weight excluding hydrogens is 284 g/mol. The Hall–Kier alpha value is -0.660. The van der Waals surface area contributed by atoms with Gasteiger partial charge in [0.2, 0.25) is 0 Å². The SMILES string of the molecule is O=C(O)C1COCC1Nc1nc(Br)cs1. The van der Waals surface area contributed by atoms with Crippen LogP contribution in [-0.2, 0) is 9.53 Å². The highest BCUT2D eigenvalue weighted by molar-refractivity contribution is 9.10. The van der Waals surface area contributed by atoms with Crippen LogP contribution in [0, 0.1) is 5.92 Å². The molecule has 2 N–H and O–H groups in total. The molecule has 2 unspecified atom stereocenters. The Labute approximate surface area is 98.6 Å². The van der Waals surface area contributed by atoms with Crippen LogP contribution < -0.4 is 5.32 Å². The van der Waals surface area contributed by atoms with Crippen molar-refractivity contribution in [1.29, 1.82) is 0 Å². The molecule has 1 aromatic rings. The standard InChI is InChI=1S/C8H9BrN2O3S/c9-6-3-15-8(11-6)10-5-2-14-1-4(5)7(12)13/h3-5H,1-2H2,(H,10,11)(H,12,13). The molecule has 0 aromatic carbocycles. The Bertz CT molecular complexity index is 371. The van der Waals surface area contributed by atoms with Crippen LogP contribution >= 0.6 is 27.3 Å². The number of rotatable bonds is 3. The normalized spacial score (nSPS) is 25.4. The lowest BCUT2D eigenvalue weighted by Gasteiger charge is -2.14. The van der Waals surface area contributed by atoms with Gasteiger partial charge < -0.3 is 15.2 Å².